The number of carbonyl (C=O) groups excluding carboxylic acids is 1. The van der Waals surface area contributed by atoms with Crippen LogP contribution in [0.1, 0.15) is 29.9 Å². The molecule has 2 aliphatic rings. The number of hydrogen-bond acceptors (Lipinski definition) is 3. The fourth-order valence-corrected chi connectivity index (χ4v) is 4.06. The minimum Gasteiger partial charge on any atom is -0.480 e. The van der Waals surface area contributed by atoms with Gasteiger partial charge in [-0.1, -0.05) is 48.5 Å². The molecule has 0 spiro atoms. The van der Waals surface area contributed by atoms with E-state index in [9.17, 15) is 19.1 Å². The lowest BCUT2D eigenvalue weighted by Crippen LogP contribution is -2.51. The molecule has 5 nitrogen and oxygen atoms in total. The molecule has 0 saturated carbocycles. The molecule has 140 valence electrons. The smallest absolute Gasteiger partial charge is 0.410 e. The summed E-state index contributed by atoms with van der Waals surface area (Å²) < 4.78 is 19.2. The van der Waals surface area contributed by atoms with E-state index in [1.165, 1.54) is 0 Å². The zero-order valence-corrected chi connectivity index (χ0v) is 14.7. The molecule has 0 aromatic heterocycles. The fraction of sp³-hybridized carbons (Fsp3) is 0.333. The molecule has 4 rings (SSSR count). The number of fused-ring (bicyclic) bond motifs is 3. The maximum absolute atomic E-state index is 13.7. The molecule has 1 aliphatic carbocycles. The second kappa shape index (κ2) is 7.02. The number of halogens is 1. The number of ether oxygens (including phenoxy) is 1. The molecular weight excluding hydrogens is 349 g/mol. The summed E-state index contributed by atoms with van der Waals surface area (Å²) in [6, 6.07) is 14.9. The molecule has 2 aromatic carbocycles. The second-order valence-electron chi connectivity index (χ2n) is 6.99. The lowest BCUT2D eigenvalue weighted by molar-refractivity contribution is -0.144. The number of likely N-dealkylation sites (tertiary alicyclic amines) is 1. The minimum atomic E-state index is -1.22. The molecular formula is C21H20FNO4. The van der Waals surface area contributed by atoms with Crippen LogP contribution in [0.5, 0.6) is 0 Å². The number of carboxylic acids is 1. The van der Waals surface area contributed by atoms with Crippen LogP contribution in [0, 0.1) is 0 Å². The van der Waals surface area contributed by atoms with E-state index in [0.717, 1.165) is 27.2 Å². The number of hydrogen-bond donors (Lipinski definition) is 1. The van der Waals surface area contributed by atoms with Crippen molar-refractivity contribution in [3.63, 3.8) is 0 Å². The van der Waals surface area contributed by atoms with Gasteiger partial charge in [0.2, 0.25) is 0 Å². The van der Waals surface area contributed by atoms with Gasteiger partial charge in [-0.15, -0.1) is 0 Å². The van der Waals surface area contributed by atoms with Gasteiger partial charge in [0.1, 0.15) is 18.8 Å². The van der Waals surface area contributed by atoms with Crippen LogP contribution < -0.4 is 0 Å². The van der Waals surface area contributed by atoms with Gasteiger partial charge in [0.25, 0.3) is 0 Å². The maximum atomic E-state index is 13.7. The van der Waals surface area contributed by atoms with Gasteiger partial charge in [-0.05, 0) is 35.1 Å². The average Bonchev–Trinajstić information content (AvgIpc) is 3.00. The number of nitrogens with zero attached hydrogens (tertiary/aromatic N) is 1. The summed E-state index contributed by atoms with van der Waals surface area (Å²) in [5, 5.41) is 9.31. The molecule has 1 amide bonds. The average molecular weight is 369 g/mol. The Bertz CT molecular complexity index is 838. The van der Waals surface area contributed by atoms with Crippen LogP contribution in [0.2, 0.25) is 0 Å². The van der Waals surface area contributed by atoms with E-state index < -0.39 is 24.3 Å². The highest BCUT2D eigenvalue weighted by Gasteiger charge is 2.38. The number of benzene rings is 2. The number of carbonyl (C=O) groups is 2. The zero-order valence-electron chi connectivity index (χ0n) is 14.7. The SMILES string of the molecule is O=C(O)C1CCC(F)CN1C(=O)OCC1c2ccccc2-c2ccccc21. The Balaban J connectivity index is 1.53. The van der Waals surface area contributed by atoms with Crippen molar-refractivity contribution >= 4 is 12.1 Å². The van der Waals surface area contributed by atoms with Crippen molar-refractivity contribution < 1.29 is 23.8 Å². The largest absolute Gasteiger partial charge is 0.480 e. The van der Waals surface area contributed by atoms with E-state index in [-0.39, 0.29) is 31.9 Å². The van der Waals surface area contributed by atoms with Gasteiger partial charge in [0.05, 0.1) is 6.54 Å². The van der Waals surface area contributed by atoms with Crippen molar-refractivity contribution in [2.75, 3.05) is 13.2 Å². The molecule has 2 aromatic rings. The van der Waals surface area contributed by atoms with Crippen molar-refractivity contribution in [1.29, 1.82) is 0 Å². The quantitative estimate of drug-likeness (QED) is 0.893. The third-order valence-electron chi connectivity index (χ3n) is 5.38. The highest BCUT2D eigenvalue weighted by atomic mass is 19.1. The van der Waals surface area contributed by atoms with E-state index in [1.807, 2.05) is 48.5 Å². The number of rotatable bonds is 3. The molecule has 27 heavy (non-hydrogen) atoms. The Morgan fingerprint density at radius 2 is 1.63 bits per heavy atom. The third kappa shape index (κ3) is 3.16. The van der Waals surface area contributed by atoms with Crippen molar-refractivity contribution in [1.82, 2.24) is 4.90 Å². The molecule has 1 saturated heterocycles. The summed E-state index contributed by atoms with van der Waals surface area (Å²) in [6.45, 7) is -0.152. The number of alkyl halides is 1. The maximum Gasteiger partial charge on any atom is 0.410 e. The van der Waals surface area contributed by atoms with E-state index in [0.29, 0.717) is 0 Å². The van der Waals surface area contributed by atoms with E-state index in [2.05, 4.69) is 0 Å². The second-order valence-corrected chi connectivity index (χ2v) is 6.99. The van der Waals surface area contributed by atoms with Crippen LogP contribution in [0.25, 0.3) is 11.1 Å². The van der Waals surface area contributed by atoms with Crippen LogP contribution in [0.4, 0.5) is 9.18 Å². The predicted molar refractivity (Wildman–Crippen MR) is 97.3 cm³/mol. The topological polar surface area (TPSA) is 66.8 Å². The molecule has 2 unspecified atom stereocenters. The van der Waals surface area contributed by atoms with Gasteiger partial charge in [-0.3, -0.25) is 4.90 Å². The molecule has 2 atom stereocenters. The van der Waals surface area contributed by atoms with Crippen molar-refractivity contribution in [3.05, 3.63) is 59.7 Å². The van der Waals surface area contributed by atoms with Gasteiger partial charge in [-0.25, -0.2) is 14.0 Å². The monoisotopic (exact) mass is 369 g/mol. The van der Waals surface area contributed by atoms with Gasteiger partial charge in [0.15, 0.2) is 0 Å². The van der Waals surface area contributed by atoms with Crippen LogP contribution >= 0.6 is 0 Å². The first-order valence-corrected chi connectivity index (χ1v) is 9.04. The summed E-state index contributed by atoms with van der Waals surface area (Å²) in [4.78, 5) is 24.9. The molecule has 0 bridgehead atoms. The fourth-order valence-electron chi connectivity index (χ4n) is 4.06. The number of piperidine rings is 1. The highest BCUT2D eigenvalue weighted by Crippen LogP contribution is 2.44. The first-order chi connectivity index (χ1) is 13.1. The van der Waals surface area contributed by atoms with Gasteiger partial charge in [0, 0.05) is 5.92 Å². The summed E-state index contributed by atoms with van der Waals surface area (Å²) in [5.41, 5.74) is 4.37. The normalized spacial score (nSPS) is 21.4. The van der Waals surface area contributed by atoms with Crippen LogP contribution in [0.3, 0.4) is 0 Å². The molecule has 6 heteroatoms. The standard InChI is InChI=1S/C21H20FNO4/c22-13-9-10-19(20(24)25)23(11-13)21(26)27-12-18-16-7-3-1-5-14(16)15-6-2-4-8-17(15)18/h1-8,13,18-19H,9-12H2,(H,24,25). The molecule has 0 radical (unpaired) electrons. The highest BCUT2D eigenvalue weighted by molar-refractivity contribution is 5.81. The van der Waals surface area contributed by atoms with Crippen LogP contribution in [0.15, 0.2) is 48.5 Å². The summed E-state index contributed by atoms with van der Waals surface area (Å²) in [7, 11) is 0. The Labute approximate surface area is 156 Å². The van der Waals surface area contributed by atoms with Crippen LogP contribution in [-0.2, 0) is 9.53 Å². The lowest BCUT2D eigenvalue weighted by Gasteiger charge is -2.34. The van der Waals surface area contributed by atoms with Crippen molar-refractivity contribution in [2.24, 2.45) is 0 Å². The Morgan fingerprint density at radius 1 is 1.04 bits per heavy atom. The molecule has 1 aliphatic heterocycles. The van der Waals surface area contributed by atoms with Gasteiger partial charge < -0.3 is 9.84 Å². The van der Waals surface area contributed by atoms with Crippen molar-refractivity contribution in [2.45, 2.75) is 31.0 Å². The van der Waals surface area contributed by atoms with E-state index >= 15 is 0 Å². The number of carboxylic acid groups (broad SMARTS) is 1. The molecule has 1 N–H and O–H groups in total. The third-order valence-corrected chi connectivity index (χ3v) is 5.38. The summed E-state index contributed by atoms with van der Waals surface area (Å²) >= 11 is 0. The Kier molecular flexibility index (Phi) is 4.56. The number of aliphatic carboxylic acids is 1. The Morgan fingerprint density at radius 3 is 2.22 bits per heavy atom. The van der Waals surface area contributed by atoms with Crippen molar-refractivity contribution in [3.8, 4) is 11.1 Å². The van der Waals surface area contributed by atoms with Crippen LogP contribution in [-0.4, -0.2) is 47.4 Å². The summed E-state index contributed by atoms with van der Waals surface area (Å²) in [5.74, 6) is -1.24. The van der Waals surface area contributed by atoms with Gasteiger partial charge in [-0.2, -0.15) is 0 Å². The number of amides is 1. The summed E-state index contributed by atoms with van der Waals surface area (Å²) in [6.07, 6.45) is -1.75. The van der Waals surface area contributed by atoms with E-state index in [1.54, 1.807) is 0 Å². The van der Waals surface area contributed by atoms with E-state index in [4.69, 9.17) is 4.74 Å². The predicted octanol–water partition coefficient (Wildman–Crippen LogP) is 3.82. The minimum absolute atomic E-state index is 0.0899. The first kappa shape index (κ1) is 17.5. The molecule has 1 fully saturated rings. The Hall–Kier alpha value is -2.89. The molecule has 1 heterocycles. The first-order valence-electron chi connectivity index (χ1n) is 9.04. The van der Waals surface area contributed by atoms with Gasteiger partial charge >= 0.3 is 12.1 Å². The zero-order chi connectivity index (χ0) is 19.0. The lowest BCUT2D eigenvalue weighted by atomic mass is 9.98.